The van der Waals surface area contributed by atoms with E-state index in [1.807, 2.05) is 48.5 Å². The Balaban J connectivity index is 1.17. The molecule has 0 aliphatic carbocycles. The molecule has 62 heavy (non-hydrogen) atoms. The number of para-hydroxylation sites is 1. The van der Waals surface area contributed by atoms with E-state index in [0.29, 0.717) is 5.56 Å². The Morgan fingerprint density at radius 1 is 0.403 bits per heavy atom. The fourth-order valence-electron chi connectivity index (χ4n) is 9.32. The maximum Gasteiger partial charge on any atom is 0.416 e. The van der Waals surface area contributed by atoms with Crippen LogP contribution in [0.2, 0.25) is 0 Å². The van der Waals surface area contributed by atoms with Gasteiger partial charge in [-0.05, 0) is 110 Å². The topological polar surface area (TPSA) is 31.0 Å². The summed E-state index contributed by atoms with van der Waals surface area (Å²) in [5.74, 6) is 0. The Kier molecular flexibility index (Phi) is 8.00. The molecule has 0 saturated heterocycles. The van der Waals surface area contributed by atoms with Gasteiger partial charge in [0.2, 0.25) is 0 Å². The first kappa shape index (κ1) is 35.9. The van der Waals surface area contributed by atoms with Gasteiger partial charge in [-0.15, -0.1) is 0 Å². The van der Waals surface area contributed by atoms with Crippen LogP contribution in [0.5, 0.6) is 0 Å². The molecular weight excluding hydrogens is 774 g/mol. The fourth-order valence-corrected chi connectivity index (χ4v) is 9.32. The smallest absolute Gasteiger partial charge is 0.416 e. The van der Waals surface area contributed by atoms with Crippen molar-refractivity contribution in [3.05, 3.63) is 206 Å². The highest BCUT2D eigenvalue weighted by molar-refractivity contribution is 6.29. The van der Waals surface area contributed by atoms with Crippen LogP contribution >= 0.6 is 0 Å². The van der Waals surface area contributed by atoms with E-state index in [1.54, 1.807) is 18.4 Å². The summed E-state index contributed by atoms with van der Waals surface area (Å²) in [6, 6.07) is 64.5. The molecule has 12 rings (SSSR count). The number of hydrogen-bond acceptors (Lipinski definition) is 2. The summed E-state index contributed by atoms with van der Waals surface area (Å²) in [4.78, 5) is 5.20. The van der Waals surface area contributed by atoms with Crippen molar-refractivity contribution < 1.29 is 17.6 Å². The summed E-state index contributed by atoms with van der Waals surface area (Å²) in [5, 5.41) is 9.86. The minimum atomic E-state index is -4.42. The van der Waals surface area contributed by atoms with Gasteiger partial charge in [0.15, 0.2) is 0 Å². The van der Waals surface area contributed by atoms with Crippen molar-refractivity contribution in [3.63, 3.8) is 0 Å². The molecule has 0 radical (unpaired) electrons. The lowest BCUT2D eigenvalue weighted by Gasteiger charge is -2.15. The maximum atomic E-state index is 13.6. The fraction of sp³-hybridized carbons (Fsp3) is 0.0179. The Labute approximate surface area is 353 Å². The molecule has 9 aromatic carbocycles. The summed E-state index contributed by atoms with van der Waals surface area (Å²) in [6.07, 6.45) is -2.68. The zero-order valence-electron chi connectivity index (χ0n) is 33.0. The molecule has 3 aromatic heterocycles. The van der Waals surface area contributed by atoms with Crippen LogP contribution in [0, 0.1) is 0 Å². The van der Waals surface area contributed by atoms with Crippen LogP contribution in [0.25, 0.3) is 116 Å². The van der Waals surface area contributed by atoms with E-state index in [1.165, 1.54) is 0 Å². The number of pyridine rings is 1. The number of aromatic nitrogens is 2. The van der Waals surface area contributed by atoms with Crippen molar-refractivity contribution >= 4 is 65.1 Å². The van der Waals surface area contributed by atoms with Crippen LogP contribution in [0.1, 0.15) is 5.56 Å². The van der Waals surface area contributed by atoms with Gasteiger partial charge in [0.25, 0.3) is 0 Å². The van der Waals surface area contributed by atoms with E-state index < -0.39 is 11.7 Å². The van der Waals surface area contributed by atoms with Crippen molar-refractivity contribution in [2.24, 2.45) is 0 Å². The molecule has 0 aliphatic heterocycles. The number of alkyl halides is 3. The van der Waals surface area contributed by atoms with Crippen LogP contribution < -0.4 is 0 Å². The number of benzene rings is 9. The SMILES string of the molecule is FC(F)(F)c1ccc(-c2ccc3c(c2)c2cc4c5ccccc5c5cc(-c6cccc7ccoc67)ccc5c4cc2n3-c2cc(-c3ccccc3)nc(-c3ccccc3)c2)cc1. The minimum Gasteiger partial charge on any atom is -0.464 e. The van der Waals surface area contributed by atoms with E-state index in [9.17, 15) is 13.2 Å². The van der Waals surface area contributed by atoms with Crippen molar-refractivity contribution in [2.75, 3.05) is 0 Å². The molecule has 0 amide bonds. The lowest BCUT2D eigenvalue weighted by Crippen LogP contribution is -2.03. The first-order valence-electron chi connectivity index (χ1n) is 20.5. The lowest BCUT2D eigenvalue weighted by atomic mass is 9.91. The summed E-state index contributed by atoms with van der Waals surface area (Å²) in [6.45, 7) is 0. The standard InChI is InChI=1S/C56H33F3N2O/c57-56(58,59)40-22-18-34(19-23-40)38-21-25-53-49(28-38)50-32-47-44-16-8-7-15-43(44)46-29-39(42-17-9-14-37-26-27-62-55(37)42)20-24-45(46)48(47)33-54(50)61(53)41-30-51(35-10-3-1-4-11-35)60-52(31-41)36-12-5-2-6-13-36/h1-33H. The van der Waals surface area contributed by atoms with Crippen molar-refractivity contribution in [1.29, 1.82) is 0 Å². The summed E-state index contributed by atoms with van der Waals surface area (Å²) in [5.41, 5.74) is 10.4. The highest BCUT2D eigenvalue weighted by Crippen LogP contribution is 2.44. The van der Waals surface area contributed by atoms with Gasteiger partial charge < -0.3 is 8.98 Å². The van der Waals surface area contributed by atoms with Gasteiger partial charge in [-0.3, -0.25) is 0 Å². The Hall–Kier alpha value is -7.96. The first-order chi connectivity index (χ1) is 30.4. The van der Waals surface area contributed by atoms with E-state index in [2.05, 4.69) is 126 Å². The molecule has 0 unspecified atom stereocenters. The van der Waals surface area contributed by atoms with Gasteiger partial charge in [0.05, 0.1) is 39.9 Å². The average Bonchev–Trinajstić information content (AvgIpc) is 3.94. The zero-order chi connectivity index (χ0) is 41.5. The molecule has 12 aromatic rings. The Bertz CT molecular complexity index is 3660. The predicted octanol–water partition coefficient (Wildman–Crippen LogP) is 16.1. The molecule has 3 nitrogen and oxygen atoms in total. The van der Waals surface area contributed by atoms with Gasteiger partial charge in [-0.25, -0.2) is 4.98 Å². The van der Waals surface area contributed by atoms with Crippen molar-refractivity contribution in [2.45, 2.75) is 6.18 Å². The number of fused-ring (bicyclic) bond motifs is 10. The molecule has 0 N–H and O–H groups in total. The number of nitrogens with zero attached hydrogens (tertiary/aromatic N) is 2. The molecule has 294 valence electrons. The van der Waals surface area contributed by atoms with Crippen molar-refractivity contribution in [1.82, 2.24) is 9.55 Å². The zero-order valence-corrected chi connectivity index (χ0v) is 33.0. The van der Waals surface area contributed by atoms with Gasteiger partial charge >= 0.3 is 6.18 Å². The molecule has 0 atom stereocenters. The molecule has 0 bridgehead atoms. The third kappa shape index (κ3) is 5.79. The highest BCUT2D eigenvalue weighted by Gasteiger charge is 2.30. The molecule has 0 aliphatic rings. The van der Waals surface area contributed by atoms with E-state index in [-0.39, 0.29) is 0 Å². The second-order valence-electron chi connectivity index (χ2n) is 15.8. The second kappa shape index (κ2) is 13.8. The number of halogens is 3. The van der Waals surface area contributed by atoms with E-state index in [0.717, 1.165) is 122 Å². The largest absolute Gasteiger partial charge is 0.464 e. The van der Waals surface area contributed by atoms with Gasteiger partial charge in [0, 0.05) is 32.8 Å². The number of hydrogen-bond donors (Lipinski definition) is 0. The average molecular weight is 807 g/mol. The maximum absolute atomic E-state index is 13.6. The second-order valence-corrected chi connectivity index (χ2v) is 15.8. The van der Waals surface area contributed by atoms with Gasteiger partial charge in [0.1, 0.15) is 5.58 Å². The molecule has 0 fully saturated rings. The Morgan fingerprint density at radius 2 is 0.984 bits per heavy atom. The van der Waals surface area contributed by atoms with Crippen LogP contribution in [-0.4, -0.2) is 9.55 Å². The summed E-state index contributed by atoms with van der Waals surface area (Å²) in [7, 11) is 0. The van der Waals surface area contributed by atoms with Crippen LogP contribution in [0.3, 0.4) is 0 Å². The number of rotatable bonds is 5. The highest BCUT2D eigenvalue weighted by atomic mass is 19.4. The molecule has 0 saturated carbocycles. The monoisotopic (exact) mass is 806 g/mol. The van der Waals surface area contributed by atoms with Crippen LogP contribution in [0.4, 0.5) is 13.2 Å². The third-order valence-corrected chi connectivity index (χ3v) is 12.3. The quantitative estimate of drug-likeness (QED) is 0.162. The Morgan fingerprint density at radius 3 is 1.68 bits per heavy atom. The summed E-state index contributed by atoms with van der Waals surface area (Å²) >= 11 is 0. The molecular formula is C56H33F3N2O. The lowest BCUT2D eigenvalue weighted by molar-refractivity contribution is -0.137. The summed E-state index contributed by atoms with van der Waals surface area (Å²) < 4.78 is 49.1. The normalized spacial score (nSPS) is 12.1. The van der Waals surface area contributed by atoms with Gasteiger partial charge in [-0.2, -0.15) is 13.2 Å². The minimum absolute atomic E-state index is 0.671. The third-order valence-electron chi connectivity index (χ3n) is 12.3. The van der Waals surface area contributed by atoms with Crippen LogP contribution in [-0.2, 0) is 6.18 Å². The van der Waals surface area contributed by atoms with E-state index >= 15 is 0 Å². The molecule has 3 heterocycles. The van der Waals surface area contributed by atoms with E-state index in [4.69, 9.17) is 9.40 Å². The first-order valence-corrected chi connectivity index (χ1v) is 20.5. The molecule has 6 heteroatoms. The molecule has 0 spiro atoms. The van der Waals surface area contributed by atoms with Gasteiger partial charge in [-0.1, -0.05) is 133 Å². The van der Waals surface area contributed by atoms with Crippen molar-refractivity contribution in [3.8, 4) is 50.5 Å². The van der Waals surface area contributed by atoms with Crippen LogP contribution in [0.15, 0.2) is 205 Å². The number of furan rings is 1. The predicted molar refractivity (Wildman–Crippen MR) is 248 cm³/mol.